The van der Waals surface area contributed by atoms with Crippen LogP contribution in [0.3, 0.4) is 0 Å². The molecule has 0 saturated heterocycles. The van der Waals surface area contributed by atoms with Crippen molar-refractivity contribution in [1.82, 2.24) is 41.1 Å². The average Bonchev–Trinajstić information content (AvgIpc) is 3.78. The fraction of sp³-hybridized carbons (Fsp3) is 0.458. The van der Waals surface area contributed by atoms with Gasteiger partial charge in [0.2, 0.25) is 23.6 Å². The van der Waals surface area contributed by atoms with Gasteiger partial charge < -0.3 is 35.6 Å². The number of carbonyl (C=O) groups excluding carboxylic acids is 4. The molecule has 2 aliphatic carbocycles. The number of aromatic nitrogens is 2. The first kappa shape index (κ1) is 45.2. The zero-order valence-electron chi connectivity index (χ0n) is 37.3. The fourth-order valence-electron chi connectivity index (χ4n) is 9.01. The number of pyridine rings is 1. The maximum absolute atomic E-state index is 14.8. The van der Waals surface area contributed by atoms with Crippen LogP contribution in [0.25, 0.3) is 11.5 Å². The number of carbonyl (C=O) groups is 4. The van der Waals surface area contributed by atoms with Gasteiger partial charge in [0, 0.05) is 48.9 Å². The Kier molecular flexibility index (Phi) is 14.2. The molecule has 6 N–H and O–H groups in total. The van der Waals surface area contributed by atoms with Crippen molar-refractivity contribution in [2.45, 2.75) is 129 Å². The van der Waals surface area contributed by atoms with Crippen molar-refractivity contribution in [3.8, 4) is 11.5 Å². The molecule has 4 aromatic rings. The maximum Gasteiger partial charge on any atom is 0.277 e. The second kappa shape index (κ2) is 19.7. The van der Waals surface area contributed by atoms with E-state index in [4.69, 9.17) is 10.3 Å². The molecule has 1 saturated carbocycles. The number of aryl methyl sites for hydroxylation is 1. The maximum atomic E-state index is 14.8. The van der Waals surface area contributed by atoms with Gasteiger partial charge in [-0.3, -0.25) is 24.2 Å². The predicted octanol–water partition coefficient (Wildman–Crippen LogP) is 4.85. The van der Waals surface area contributed by atoms with Gasteiger partial charge in [0.1, 0.15) is 18.3 Å². The highest BCUT2D eigenvalue weighted by molar-refractivity contribution is 6.55. The van der Waals surface area contributed by atoms with E-state index in [2.05, 4.69) is 68.8 Å². The lowest BCUT2D eigenvalue weighted by Gasteiger charge is -2.42. The van der Waals surface area contributed by atoms with E-state index in [0.29, 0.717) is 23.8 Å². The average molecular weight is 855 g/mol. The number of likely N-dealkylation sites (N-methyl/N-ethyl adjacent to an activating group) is 1. The van der Waals surface area contributed by atoms with E-state index in [1.54, 1.807) is 61.5 Å². The molecule has 1 radical (unpaired) electrons. The summed E-state index contributed by atoms with van der Waals surface area (Å²) in [5.41, 5.74) is 6.35. The highest BCUT2D eigenvalue weighted by Gasteiger charge is 2.43. The quantitative estimate of drug-likeness (QED) is 0.0707. The largest absolute Gasteiger partial charge is 0.444 e. The van der Waals surface area contributed by atoms with Crippen molar-refractivity contribution in [3.05, 3.63) is 113 Å². The summed E-state index contributed by atoms with van der Waals surface area (Å²) in [6, 6.07) is 16.0. The number of allylic oxidation sites excluding steroid dienone is 1. The summed E-state index contributed by atoms with van der Waals surface area (Å²) in [6.45, 7) is 9.61. The van der Waals surface area contributed by atoms with E-state index >= 15 is 0 Å². The van der Waals surface area contributed by atoms with E-state index in [-0.39, 0.29) is 48.0 Å². The van der Waals surface area contributed by atoms with Crippen molar-refractivity contribution in [3.63, 3.8) is 0 Å². The number of nitrogens with one attached hydrogen (secondary N) is 4. The van der Waals surface area contributed by atoms with Crippen LogP contribution in [0.1, 0.15) is 112 Å². The minimum absolute atomic E-state index is 0.104. The van der Waals surface area contributed by atoms with Gasteiger partial charge in [-0.1, -0.05) is 87.4 Å². The van der Waals surface area contributed by atoms with Gasteiger partial charge in [-0.15, -0.1) is 0 Å². The number of rotatable bonds is 13. The molecule has 1 fully saturated rings. The van der Waals surface area contributed by atoms with Crippen LogP contribution in [0.15, 0.2) is 89.6 Å². The molecule has 4 amide bonds. The molecule has 3 aliphatic rings. The summed E-state index contributed by atoms with van der Waals surface area (Å²) in [6.07, 6.45) is 13.1. The van der Waals surface area contributed by atoms with E-state index in [1.807, 2.05) is 32.9 Å². The number of benzene rings is 2. The molecule has 2 aromatic carbocycles. The second-order valence-electron chi connectivity index (χ2n) is 18.4. The lowest BCUT2D eigenvalue weighted by Crippen LogP contribution is -2.62. The van der Waals surface area contributed by atoms with E-state index in [9.17, 15) is 19.2 Å². The lowest BCUT2D eigenvalue weighted by molar-refractivity contribution is -0.147. The van der Waals surface area contributed by atoms with E-state index in [0.717, 1.165) is 72.7 Å². The minimum Gasteiger partial charge on any atom is -0.444 e. The van der Waals surface area contributed by atoms with Crippen molar-refractivity contribution < 1.29 is 23.6 Å². The Morgan fingerprint density at radius 1 is 0.984 bits per heavy atom. The molecule has 7 rings (SSSR count). The number of oxazole rings is 1. The first-order valence-corrected chi connectivity index (χ1v) is 22.2. The zero-order valence-corrected chi connectivity index (χ0v) is 37.3. The topological polar surface area (TPSA) is 188 Å². The monoisotopic (exact) mass is 854 g/mol. The van der Waals surface area contributed by atoms with Crippen molar-refractivity contribution in [2.75, 3.05) is 7.05 Å². The molecule has 14 nitrogen and oxygen atoms in total. The third-order valence-electron chi connectivity index (χ3n) is 12.8. The summed E-state index contributed by atoms with van der Waals surface area (Å²) >= 11 is 0. The number of hydrogen-bond acceptors (Lipinski definition) is 10. The summed E-state index contributed by atoms with van der Waals surface area (Å²) in [5, 5.41) is 13.9. The van der Waals surface area contributed by atoms with Gasteiger partial charge in [0.15, 0.2) is 13.0 Å². The van der Waals surface area contributed by atoms with Crippen LogP contribution >= 0.6 is 0 Å². The van der Waals surface area contributed by atoms with Gasteiger partial charge in [0.25, 0.3) is 5.91 Å². The Morgan fingerprint density at radius 3 is 2.46 bits per heavy atom. The fourth-order valence-corrected chi connectivity index (χ4v) is 9.01. The van der Waals surface area contributed by atoms with Gasteiger partial charge >= 0.3 is 0 Å². The first-order chi connectivity index (χ1) is 30.2. The molecule has 331 valence electrons. The third-order valence-corrected chi connectivity index (χ3v) is 12.8. The van der Waals surface area contributed by atoms with Gasteiger partial charge in [-0.2, -0.15) is 0 Å². The highest BCUT2D eigenvalue weighted by atomic mass is 16.3. The van der Waals surface area contributed by atoms with Gasteiger partial charge in [0.05, 0.1) is 12.1 Å². The van der Waals surface area contributed by atoms with Crippen molar-refractivity contribution in [2.24, 2.45) is 11.3 Å². The molecule has 3 heterocycles. The molecule has 0 unspecified atom stereocenters. The Labute approximate surface area is 371 Å². The summed E-state index contributed by atoms with van der Waals surface area (Å²) < 4.78 is 5.51. The number of nitrogens with two attached hydrogens (primary N) is 1. The molecular formula is C48H61BN9O5. The molecule has 1 aliphatic heterocycles. The normalized spacial score (nSPS) is 20.9. The Bertz CT molecular complexity index is 2300. The van der Waals surface area contributed by atoms with Gasteiger partial charge in [-0.25, -0.2) is 10.8 Å². The van der Waals surface area contributed by atoms with Crippen LogP contribution in [0.4, 0.5) is 0 Å². The van der Waals surface area contributed by atoms with Gasteiger partial charge in [-0.05, 0) is 92.8 Å². The third kappa shape index (κ3) is 10.9. The van der Waals surface area contributed by atoms with Crippen LogP contribution in [-0.4, -0.2) is 82.0 Å². The molecule has 0 spiro atoms. The van der Waals surface area contributed by atoms with E-state index in [1.165, 1.54) is 11.8 Å². The molecule has 4 atom stereocenters. The number of nitrogens with zero attached hydrogens (tertiary/aromatic N) is 4. The van der Waals surface area contributed by atoms with E-state index < -0.39 is 23.5 Å². The Hall–Kier alpha value is -5.80. The summed E-state index contributed by atoms with van der Waals surface area (Å²) in [7, 11) is 4.02. The minimum atomic E-state index is -0.852. The molecular weight excluding hydrogens is 793 g/mol. The van der Waals surface area contributed by atoms with Crippen LogP contribution in [0, 0.1) is 5.41 Å². The first-order valence-electron chi connectivity index (χ1n) is 22.2. The Morgan fingerprint density at radius 2 is 1.73 bits per heavy atom. The number of amides is 4. The molecule has 15 heteroatoms. The summed E-state index contributed by atoms with van der Waals surface area (Å²) in [5.74, 6) is 6.08. The van der Waals surface area contributed by atoms with Crippen LogP contribution in [0.2, 0.25) is 5.82 Å². The number of fused-ring (bicyclic) bond motifs is 2. The SMILES string of the molecule is CN[C@@H](C)C(=O)N[C@H](C(=O)N1Cc2cc([B]C3CCC(N(N)/C=C(\C)NC(=O)c4coc(-c5ccncc5)n4)CC3)ccc2C[C@H]1C(=O)N[C@@H]1CCCc2ccccc21)C(C)(C)C. The van der Waals surface area contributed by atoms with Crippen LogP contribution in [-0.2, 0) is 33.8 Å². The molecule has 0 bridgehead atoms. The lowest BCUT2D eigenvalue weighted by atomic mass is 9.54. The molecule has 2 aromatic heterocycles. The van der Waals surface area contributed by atoms with Crippen LogP contribution in [0.5, 0.6) is 0 Å². The Balaban J connectivity index is 1.01. The van der Waals surface area contributed by atoms with Crippen molar-refractivity contribution in [1.29, 1.82) is 0 Å². The molecule has 63 heavy (non-hydrogen) atoms. The van der Waals surface area contributed by atoms with Crippen molar-refractivity contribution >= 4 is 36.4 Å². The number of hydrazine groups is 1. The second-order valence-corrected chi connectivity index (χ2v) is 18.4. The van der Waals surface area contributed by atoms with Crippen LogP contribution < -0.4 is 32.6 Å². The predicted molar refractivity (Wildman–Crippen MR) is 243 cm³/mol. The smallest absolute Gasteiger partial charge is 0.277 e. The standard InChI is InChI=1S/C48H61BN9O5/c1-29(53-44(60)40-28-63-46(55-40)32-20-22-52-23-21-32)26-58(50)37-18-16-35(17-19-37)49-36-15-14-33-25-41(45(61)54-39-13-9-11-31-10-7-8-12-38(31)39)57(27-34(33)24-36)47(62)42(48(3,4)5)56-43(59)30(2)51-6/h7-8,10,12,14-15,20-24,26,28,30,35,37,39,41-42,51H,9,11,13,16-19,25,27,50H2,1-6H3,(H,53,60)(H,54,61)(H,56,59)/b29-26+/t30-,35?,37?,39+,41-,42+/m0/s1. The number of hydrogen-bond donors (Lipinski definition) is 5. The highest BCUT2D eigenvalue weighted by Crippen LogP contribution is 2.34. The summed E-state index contributed by atoms with van der Waals surface area (Å²) in [4.78, 5) is 65.3. The zero-order chi connectivity index (χ0) is 44.8.